The zero-order chi connectivity index (χ0) is 21.0. The largest absolute Gasteiger partial charge is 0.322 e. The summed E-state index contributed by atoms with van der Waals surface area (Å²) in [6.07, 6.45) is 2.46. The maximum atomic E-state index is 12.8. The van der Waals surface area contributed by atoms with E-state index in [4.69, 9.17) is 0 Å². The minimum Gasteiger partial charge on any atom is -0.322 e. The van der Waals surface area contributed by atoms with Crippen LogP contribution >= 0.6 is 11.8 Å². The van der Waals surface area contributed by atoms with Crippen molar-refractivity contribution in [2.24, 2.45) is 7.05 Å². The molecule has 8 nitrogen and oxygen atoms in total. The van der Waals surface area contributed by atoms with Crippen molar-refractivity contribution in [2.75, 3.05) is 5.32 Å². The summed E-state index contributed by atoms with van der Waals surface area (Å²) in [5.41, 5.74) is 1.82. The lowest BCUT2D eigenvalue weighted by Crippen LogP contribution is -2.14. The van der Waals surface area contributed by atoms with E-state index in [1.165, 1.54) is 12.4 Å². The normalized spacial score (nSPS) is 11.8. The van der Waals surface area contributed by atoms with Gasteiger partial charge in [-0.1, -0.05) is 32.0 Å². The molecule has 1 atom stereocenters. The van der Waals surface area contributed by atoms with Gasteiger partial charge in [-0.25, -0.2) is 0 Å². The van der Waals surface area contributed by atoms with E-state index in [9.17, 15) is 14.9 Å². The van der Waals surface area contributed by atoms with Crippen LogP contribution in [0.15, 0.2) is 58.8 Å². The molecule has 9 heteroatoms. The van der Waals surface area contributed by atoms with Crippen LogP contribution in [0.2, 0.25) is 0 Å². The van der Waals surface area contributed by atoms with Gasteiger partial charge in [-0.05, 0) is 47.9 Å². The highest BCUT2D eigenvalue weighted by atomic mass is 32.2. The minimum absolute atomic E-state index is 0.152. The Morgan fingerprint density at radius 1 is 1.31 bits per heavy atom. The summed E-state index contributed by atoms with van der Waals surface area (Å²) >= 11 is 1.13. The predicted octanol–water partition coefficient (Wildman–Crippen LogP) is 4.64. The smallest absolute Gasteiger partial charge is 0.284 e. The number of aromatic nitrogens is 3. The second kappa shape index (κ2) is 8.87. The molecule has 0 radical (unpaired) electrons. The average molecular weight is 411 g/mol. The van der Waals surface area contributed by atoms with Crippen molar-refractivity contribution in [3.8, 4) is 0 Å². The molecule has 1 heterocycles. The third kappa shape index (κ3) is 4.62. The van der Waals surface area contributed by atoms with Crippen molar-refractivity contribution >= 4 is 29.0 Å². The van der Waals surface area contributed by atoms with E-state index in [2.05, 4.69) is 29.4 Å². The molecule has 1 amide bonds. The number of anilines is 1. The second-order valence-electron chi connectivity index (χ2n) is 6.62. The average Bonchev–Trinajstić information content (AvgIpc) is 3.12. The number of nitro groups is 1. The van der Waals surface area contributed by atoms with Crippen molar-refractivity contribution in [1.82, 2.24) is 14.8 Å². The molecule has 3 rings (SSSR count). The Hall–Kier alpha value is -3.20. The molecule has 1 aromatic heterocycles. The highest BCUT2D eigenvalue weighted by molar-refractivity contribution is 7.99. The van der Waals surface area contributed by atoms with Gasteiger partial charge < -0.3 is 9.88 Å². The molecule has 0 saturated heterocycles. The van der Waals surface area contributed by atoms with Crippen molar-refractivity contribution in [1.29, 1.82) is 0 Å². The summed E-state index contributed by atoms with van der Waals surface area (Å²) in [5.74, 6) is -0.106. The molecule has 3 aromatic rings. The summed E-state index contributed by atoms with van der Waals surface area (Å²) in [6, 6.07) is 12.0. The van der Waals surface area contributed by atoms with Crippen LogP contribution in [0, 0.1) is 10.1 Å². The summed E-state index contributed by atoms with van der Waals surface area (Å²) in [7, 11) is 1.75. The van der Waals surface area contributed by atoms with E-state index in [-0.39, 0.29) is 23.1 Å². The van der Waals surface area contributed by atoms with E-state index in [0.717, 1.165) is 23.7 Å². The minimum atomic E-state index is -0.497. The molecule has 1 N–H and O–H groups in total. The molecule has 1 unspecified atom stereocenters. The SMILES string of the molecule is CCC(C)c1ccccc1NC(=O)c1ccc(Sc2nncn2C)c([N+](=O)[O-])c1. The number of benzene rings is 2. The van der Waals surface area contributed by atoms with Gasteiger partial charge in [-0.15, -0.1) is 10.2 Å². The first kappa shape index (κ1) is 20.5. The van der Waals surface area contributed by atoms with Crippen molar-refractivity contribution in [3.63, 3.8) is 0 Å². The molecule has 29 heavy (non-hydrogen) atoms. The summed E-state index contributed by atoms with van der Waals surface area (Å²) in [4.78, 5) is 24.2. The number of hydrogen-bond acceptors (Lipinski definition) is 6. The molecule has 0 aliphatic rings. The van der Waals surface area contributed by atoms with Crippen molar-refractivity contribution in [3.05, 3.63) is 70.0 Å². The van der Waals surface area contributed by atoms with Crippen LogP contribution in [0.25, 0.3) is 0 Å². The fourth-order valence-electron chi connectivity index (χ4n) is 2.81. The van der Waals surface area contributed by atoms with Gasteiger partial charge >= 0.3 is 0 Å². The highest BCUT2D eigenvalue weighted by Crippen LogP contribution is 2.34. The Labute approximate surface area is 172 Å². The van der Waals surface area contributed by atoms with Crippen molar-refractivity contribution < 1.29 is 9.72 Å². The topological polar surface area (TPSA) is 103 Å². The number of rotatable bonds is 7. The number of para-hydroxylation sites is 1. The molecule has 0 aliphatic carbocycles. The Morgan fingerprint density at radius 2 is 2.07 bits per heavy atom. The Morgan fingerprint density at radius 3 is 2.72 bits per heavy atom. The third-order valence-electron chi connectivity index (χ3n) is 4.64. The monoisotopic (exact) mass is 411 g/mol. The van der Waals surface area contributed by atoms with Gasteiger partial charge in [0.05, 0.1) is 9.82 Å². The number of nitrogens with one attached hydrogen (secondary N) is 1. The summed E-state index contributed by atoms with van der Waals surface area (Å²) < 4.78 is 1.67. The first-order valence-corrected chi connectivity index (χ1v) is 9.93. The quantitative estimate of drug-likeness (QED) is 0.449. The number of carbonyl (C=O) groups is 1. The van der Waals surface area contributed by atoms with Crippen LogP contribution in [-0.2, 0) is 7.05 Å². The van der Waals surface area contributed by atoms with Gasteiger partial charge in [0.25, 0.3) is 11.6 Å². The molecular formula is C20H21N5O3S. The third-order valence-corrected chi connectivity index (χ3v) is 5.76. The van der Waals surface area contributed by atoms with E-state index in [1.54, 1.807) is 23.7 Å². The Bertz CT molecular complexity index is 1050. The lowest BCUT2D eigenvalue weighted by molar-refractivity contribution is -0.387. The van der Waals surface area contributed by atoms with E-state index >= 15 is 0 Å². The number of aryl methyl sites for hydroxylation is 1. The zero-order valence-electron chi connectivity index (χ0n) is 16.3. The molecule has 0 saturated carbocycles. The maximum absolute atomic E-state index is 12.8. The number of nitrogens with zero attached hydrogens (tertiary/aromatic N) is 4. The number of hydrogen-bond donors (Lipinski definition) is 1. The van der Waals surface area contributed by atoms with Gasteiger partial charge in [0.1, 0.15) is 6.33 Å². The Balaban J connectivity index is 1.88. The first-order chi connectivity index (χ1) is 13.9. The highest BCUT2D eigenvalue weighted by Gasteiger charge is 2.21. The summed E-state index contributed by atoms with van der Waals surface area (Å²) in [5, 5.41) is 22.7. The molecule has 0 fully saturated rings. The van der Waals surface area contributed by atoms with Gasteiger partial charge in [0.15, 0.2) is 5.16 Å². The molecule has 2 aromatic carbocycles. The zero-order valence-corrected chi connectivity index (χ0v) is 17.1. The number of nitro benzene ring substituents is 1. The number of carbonyl (C=O) groups excluding carboxylic acids is 1. The molecule has 0 bridgehead atoms. The van der Waals surface area contributed by atoms with Gasteiger partial charge in [-0.2, -0.15) is 0 Å². The van der Waals surface area contributed by atoms with Crippen LogP contribution in [0.1, 0.15) is 42.1 Å². The van der Waals surface area contributed by atoms with Crippen LogP contribution < -0.4 is 5.32 Å². The van der Waals surface area contributed by atoms with Crippen LogP contribution in [0.4, 0.5) is 11.4 Å². The van der Waals surface area contributed by atoms with Crippen LogP contribution in [0.3, 0.4) is 0 Å². The van der Waals surface area contributed by atoms with Crippen LogP contribution in [0.5, 0.6) is 0 Å². The summed E-state index contributed by atoms with van der Waals surface area (Å²) in [6.45, 7) is 4.18. The van der Waals surface area contributed by atoms with Gasteiger partial charge in [0.2, 0.25) is 0 Å². The number of amides is 1. The lowest BCUT2D eigenvalue weighted by Gasteiger charge is -2.15. The Kier molecular flexibility index (Phi) is 6.28. The molecular weight excluding hydrogens is 390 g/mol. The first-order valence-electron chi connectivity index (χ1n) is 9.11. The molecule has 0 spiro atoms. The van der Waals surface area contributed by atoms with E-state index in [1.807, 2.05) is 24.3 Å². The predicted molar refractivity (Wildman–Crippen MR) is 111 cm³/mol. The fourth-order valence-corrected chi connectivity index (χ4v) is 3.66. The van der Waals surface area contributed by atoms with Gasteiger partial charge in [0, 0.05) is 24.4 Å². The second-order valence-corrected chi connectivity index (χ2v) is 7.63. The van der Waals surface area contributed by atoms with Gasteiger partial charge in [-0.3, -0.25) is 14.9 Å². The lowest BCUT2D eigenvalue weighted by atomic mass is 9.97. The molecule has 150 valence electrons. The molecule has 0 aliphatic heterocycles. The van der Waals surface area contributed by atoms with Crippen molar-refractivity contribution in [2.45, 2.75) is 36.2 Å². The maximum Gasteiger partial charge on any atom is 0.284 e. The van der Waals surface area contributed by atoms with E-state index in [0.29, 0.717) is 15.7 Å². The standard InChI is InChI=1S/C20H21N5O3S/c1-4-13(2)15-7-5-6-8-16(15)22-19(26)14-9-10-18(17(11-14)25(27)28)29-20-23-21-12-24(20)3/h5-13H,4H2,1-3H3,(H,22,26). The fraction of sp³-hybridized carbons (Fsp3) is 0.250. The van der Waals surface area contributed by atoms with Crippen LogP contribution in [-0.4, -0.2) is 25.6 Å². The van der Waals surface area contributed by atoms with E-state index < -0.39 is 4.92 Å².